The zero-order valence-corrected chi connectivity index (χ0v) is 10.4. The van der Waals surface area contributed by atoms with Crippen molar-refractivity contribution < 1.29 is 4.79 Å². The molecule has 0 aliphatic heterocycles. The summed E-state index contributed by atoms with van der Waals surface area (Å²) in [5, 5.41) is 7.69. The Labute approximate surface area is 101 Å². The number of amides is 1. The number of rotatable bonds is 6. The maximum absolute atomic E-state index is 12.1. The molecule has 0 saturated carbocycles. The minimum Gasteiger partial charge on any atom is -0.334 e. The van der Waals surface area contributed by atoms with Crippen molar-refractivity contribution in [2.24, 2.45) is 5.73 Å². The van der Waals surface area contributed by atoms with Crippen molar-refractivity contribution in [3.63, 3.8) is 0 Å². The van der Waals surface area contributed by atoms with Crippen molar-refractivity contribution in [3.8, 4) is 0 Å². The number of carbonyl (C=O) groups is 1. The highest BCUT2D eigenvalue weighted by Gasteiger charge is 2.17. The molecule has 6 nitrogen and oxygen atoms in total. The molecule has 0 bridgehead atoms. The van der Waals surface area contributed by atoms with Gasteiger partial charge in [0.1, 0.15) is 0 Å². The number of likely N-dealkylation sites (N-methyl/N-ethyl adjacent to an activating group) is 1. The molecule has 0 aliphatic rings. The van der Waals surface area contributed by atoms with Gasteiger partial charge >= 0.3 is 0 Å². The Morgan fingerprint density at radius 1 is 1.65 bits per heavy atom. The zero-order valence-electron chi connectivity index (χ0n) is 10.4. The van der Waals surface area contributed by atoms with Crippen molar-refractivity contribution in [1.82, 2.24) is 19.9 Å². The predicted octanol–water partition coefficient (Wildman–Crippen LogP) is 0.275. The molecule has 0 spiro atoms. The van der Waals surface area contributed by atoms with Gasteiger partial charge in [0, 0.05) is 19.6 Å². The molecule has 1 aromatic heterocycles. The van der Waals surface area contributed by atoms with Crippen molar-refractivity contribution in [1.29, 1.82) is 0 Å². The molecule has 0 atom stereocenters. The molecule has 0 saturated heterocycles. The van der Waals surface area contributed by atoms with Gasteiger partial charge in [-0.15, -0.1) is 5.10 Å². The average Bonchev–Trinajstić information content (AvgIpc) is 2.74. The van der Waals surface area contributed by atoms with Gasteiger partial charge in [0.25, 0.3) is 5.91 Å². The van der Waals surface area contributed by atoms with E-state index in [9.17, 15) is 4.79 Å². The minimum atomic E-state index is -0.126. The molecule has 94 valence electrons. The average molecular weight is 237 g/mol. The normalized spacial score (nSPS) is 10.3. The molecule has 2 N–H and O–H groups in total. The topological polar surface area (TPSA) is 77.0 Å². The summed E-state index contributed by atoms with van der Waals surface area (Å²) in [6.45, 7) is 9.81. The second kappa shape index (κ2) is 6.15. The fourth-order valence-corrected chi connectivity index (χ4v) is 1.45. The number of hydrogen-bond acceptors (Lipinski definition) is 4. The van der Waals surface area contributed by atoms with Gasteiger partial charge in [-0.25, -0.2) is 0 Å². The molecule has 0 radical (unpaired) electrons. The van der Waals surface area contributed by atoms with Gasteiger partial charge in [0.05, 0.1) is 12.7 Å². The van der Waals surface area contributed by atoms with Gasteiger partial charge < -0.3 is 10.6 Å². The third-order valence-electron chi connectivity index (χ3n) is 2.25. The van der Waals surface area contributed by atoms with Crippen LogP contribution < -0.4 is 5.73 Å². The predicted molar refractivity (Wildman–Crippen MR) is 65.5 cm³/mol. The van der Waals surface area contributed by atoms with E-state index < -0.39 is 0 Å². The largest absolute Gasteiger partial charge is 0.334 e. The Morgan fingerprint density at radius 3 is 2.88 bits per heavy atom. The molecular formula is C11H19N5O. The van der Waals surface area contributed by atoms with E-state index in [1.54, 1.807) is 15.8 Å². The molecule has 17 heavy (non-hydrogen) atoms. The summed E-state index contributed by atoms with van der Waals surface area (Å²) in [6, 6.07) is 0. The van der Waals surface area contributed by atoms with Crippen LogP contribution in [0.5, 0.6) is 0 Å². The number of nitrogens with zero attached hydrogens (tertiary/aromatic N) is 4. The van der Waals surface area contributed by atoms with Gasteiger partial charge in [0.15, 0.2) is 5.69 Å². The van der Waals surface area contributed by atoms with Crippen LogP contribution in [-0.4, -0.2) is 45.4 Å². The van der Waals surface area contributed by atoms with E-state index in [-0.39, 0.29) is 5.91 Å². The summed E-state index contributed by atoms with van der Waals surface area (Å²) in [6.07, 6.45) is 1.62. The van der Waals surface area contributed by atoms with Crippen LogP contribution in [0.15, 0.2) is 18.3 Å². The molecule has 1 heterocycles. The first-order chi connectivity index (χ1) is 8.08. The lowest BCUT2D eigenvalue weighted by molar-refractivity contribution is 0.0772. The Balaban J connectivity index is 2.75. The third kappa shape index (κ3) is 3.67. The number of aromatic nitrogens is 3. The first kappa shape index (κ1) is 13.4. The first-order valence-corrected chi connectivity index (χ1v) is 5.62. The molecule has 0 aromatic carbocycles. The van der Waals surface area contributed by atoms with Crippen LogP contribution in [0.1, 0.15) is 24.3 Å². The highest BCUT2D eigenvalue weighted by molar-refractivity contribution is 5.92. The Hall–Kier alpha value is -1.69. The van der Waals surface area contributed by atoms with Crippen molar-refractivity contribution in [2.75, 3.05) is 19.6 Å². The van der Waals surface area contributed by atoms with Crippen LogP contribution in [-0.2, 0) is 6.54 Å². The lowest BCUT2D eigenvalue weighted by Gasteiger charge is -2.19. The van der Waals surface area contributed by atoms with Crippen LogP contribution in [0.25, 0.3) is 0 Å². The van der Waals surface area contributed by atoms with E-state index in [1.165, 1.54) is 0 Å². The van der Waals surface area contributed by atoms with Crippen molar-refractivity contribution in [3.05, 3.63) is 24.0 Å². The Bertz CT molecular complexity index is 398. The number of nitrogens with two attached hydrogens (primary N) is 1. The summed E-state index contributed by atoms with van der Waals surface area (Å²) >= 11 is 0. The van der Waals surface area contributed by atoms with Crippen molar-refractivity contribution >= 4 is 5.91 Å². The minimum absolute atomic E-state index is 0.126. The summed E-state index contributed by atoms with van der Waals surface area (Å²) in [4.78, 5) is 13.7. The highest BCUT2D eigenvalue weighted by Crippen LogP contribution is 2.03. The van der Waals surface area contributed by atoms with Gasteiger partial charge in [-0.05, 0) is 13.8 Å². The quantitative estimate of drug-likeness (QED) is 0.721. The van der Waals surface area contributed by atoms with E-state index in [1.807, 2.05) is 13.8 Å². The third-order valence-corrected chi connectivity index (χ3v) is 2.25. The Morgan fingerprint density at radius 2 is 2.35 bits per heavy atom. The standard InChI is InChI=1S/C11H19N5O/c1-4-15(7-9(2)3)11(17)10-8-16(6-5-12)14-13-10/h8H,2,4-7,12H2,1,3H3. The van der Waals surface area contributed by atoms with Crippen LogP contribution in [0.2, 0.25) is 0 Å². The summed E-state index contributed by atoms with van der Waals surface area (Å²) in [7, 11) is 0. The van der Waals surface area contributed by atoms with E-state index in [0.29, 0.717) is 31.9 Å². The monoisotopic (exact) mass is 237 g/mol. The van der Waals surface area contributed by atoms with E-state index in [2.05, 4.69) is 16.9 Å². The maximum Gasteiger partial charge on any atom is 0.276 e. The molecule has 0 fully saturated rings. The fraction of sp³-hybridized carbons (Fsp3) is 0.545. The second-order valence-electron chi connectivity index (χ2n) is 3.93. The lowest BCUT2D eigenvalue weighted by Crippen LogP contribution is -2.32. The molecule has 1 aromatic rings. The molecular weight excluding hydrogens is 218 g/mol. The van der Waals surface area contributed by atoms with E-state index >= 15 is 0 Å². The highest BCUT2D eigenvalue weighted by atomic mass is 16.2. The summed E-state index contributed by atoms with van der Waals surface area (Å²) < 4.78 is 1.57. The van der Waals surface area contributed by atoms with Crippen LogP contribution in [0.4, 0.5) is 0 Å². The van der Waals surface area contributed by atoms with E-state index in [0.717, 1.165) is 5.57 Å². The van der Waals surface area contributed by atoms with Gasteiger partial charge in [-0.2, -0.15) is 0 Å². The number of carbonyl (C=O) groups excluding carboxylic acids is 1. The molecule has 1 amide bonds. The SMILES string of the molecule is C=C(C)CN(CC)C(=O)c1cn(CCN)nn1. The van der Waals surface area contributed by atoms with Gasteiger partial charge in [-0.1, -0.05) is 17.4 Å². The van der Waals surface area contributed by atoms with E-state index in [4.69, 9.17) is 5.73 Å². The summed E-state index contributed by atoms with van der Waals surface area (Å²) in [5.41, 5.74) is 6.69. The van der Waals surface area contributed by atoms with Crippen LogP contribution in [0.3, 0.4) is 0 Å². The smallest absolute Gasteiger partial charge is 0.276 e. The summed E-state index contributed by atoms with van der Waals surface area (Å²) in [5.74, 6) is -0.126. The molecule has 1 rings (SSSR count). The molecule has 0 unspecified atom stereocenters. The Kier molecular flexibility index (Phi) is 4.84. The van der Waals surface area contributed by atoms with Gasteiger partial charge in [0.2, 0.25) is 0 Å². The van der Waals surface area contributed by atoms with Crippen LogP contribution in [0, 0.1) is 0 Å². The molecule has 0 aliphatic carbocycles. The lowest BCUT2D eigenvalue weighted by atomic mass is 10.3. The molecule has 6 heteroatoms. The second-order valence-corrected chi connectivity index (χ2v) is 3.93. The first-order valence-electron chi connectivity index (χ1n) is 5.62. The van der Waals surface area contributed by atoms with Crippen molar-refractivity contribution in [2.45, 2.75) is 20.4 Å². The zero-order chi connectivity index (χ0) is 12.8. The number of hydrogen-bond donors (Lipinski definition) is 1. The fourth-order valence-electron chi connectivity index (χ4n) is 1.45. The van der Waals surface area contributed by atoms with Gasteiger partial charge in [-0.3, -0.25) is 9.48 Å². The van der Waals surface area contributed by atoms with Crippen LogP contribution >= 0.6 is 0 Å². The maximum atomic E-state index is 12.1.